The highest BCUT2D eigenvalue weighted by atomic mass is 16.6. The van der Waals surface area contributed by atoms with Gasteiger partial charge in [0.05, 0.1) is 21.7 Å². The number of allylic oxidation sites excluding steroid dienone is 1. The molecule has 136 valence electrons. The third-order valence-corrected chi connectivity index (χ3v) is 4.00. The maximum atomic E-state index is 11.0. The second kappa shape index (κ2) is 7.63. The van der Waals surface area contributed by atoms with Crippen molar-refractivity contribution in [2.24, 2.45) is 4.99 Å². The van der Waals surface area contributed by atoms with Gasteiger partial charge in [0.2, 0.25) is 5.89 Å². The number of pyridine rings is 1. The fourth-order valence-corrected chi connectivity index (χ4v) is 2.68. The van der Waals surface area contributed by atoms with Crippen molar-refractivity contribution >= 4 is 34.8 Å². The van der Waals surface area contributed by atoms with Gasteiger partial charge in [-0.15, -0.1) is 0 Å². The van der Waals surface area contributed by atoms with Gasteiger partial charge in [0.25, 0.3) is 5.69 Å². The number of benzene rings is 2. The van der Waals surface area contributed by atoms with Crippen molar-refractivity contribution in [2.75, 3.05) is 0 Å². The van der Waals surface area contributed by atoms with E-state index in [2.05, 4.69) is 15.0 Å². The molecule has 0 radical (unpaired) electrons. The average Bonchev–Trinajstić information content (AvgIpc) is 3.15. The van der Waals surface area contributed by atoms with Crippen molar-refractivity contribution in [3.05, 3.63) is 88.7 Å². The van der Waals surface area contributed by atoms with Gasteiger partial charge in [-0.05, 0) is 48.6 Å². The lowest BCUT2D eigenvalue weighted by Gasteiger charge is -1.95. The second-order valence-corrected chi connectivity index (χ2v) is 5.87. The molecule has 0 aliphatic heterocycles. The third-order valence-electron chi connectivity index (χ3n) is 4.00. The van der Waals surface area contributed by atoms with Crippen molar-refractivity contribution in [1.29, 1.82) is 0 Å². The first-order valence-electron chi connectivity index (χ1n) is 8.46. The summed E-state index contributed by atoms with van der Waals surface area (Å²) in [5, 5.41) is 11.0. The number of para-hydroxylation sites is 1. The van der Waals surface area contributed by atoms with Gasteiger partial charge in [0.1, 0.15) is 5.52 Å². The molecular weight excluding hydrogens is 356 g/mol. The SMILES string of the molecule is O=[N+]([O-])c1ccccc1/C=C/C=Nc1ccc2oc(-c3cccnc3)nc2c1. The minimum atomic E-state index is -0.408. The molecule has 7 heteroatoms. The van der Waals surface area contributed by atoms with Gasteiger partial charge in [0, 0.05) is 24.7 Å². The summed E-state index contributed by atoms with van der Waals surface area (Å²) >= 11 is 0. The molecule has 0 fully saturated rings. The Bertz CT molecular complexity index is 1200. The van der Waals surface area contributed by atoms with Crippen LogP contribution in [0.4, 0.5) is 11.4 Å². The van der Waals surface area contributed by atoms with Gasteiger partial charge in [0.15, 0.2) is 5.58 Å². The fraction of sp³-hybridized carbons (Fsp3) is 0. The number of aromatic nitrogens is 2. The quantitative estimate of drug-likeness (QED) is 0.273. The Hall–Kier alpha value is -4.13. The van der Waals surface area contributed by atoms with Gasteiger partial charge >= 0.3 is 0 Å². The molecular formula is C21H14N4O3. The summed E-state index contributed by atoms with van der Waals surface area (Å²) < 4.78 is 5.75. The summed E-state index contributed by atoms with van der Waals surface area (Å²) in [6.07, 6.45) is 8.28. The maximum absolute atomic E-state index is 11.0. The first-order chi connectivity index (χ1) is 13.7. The molecule has 0 N–H and O–H groups in total. The largest absolute Gasteiger partial charge is 0.436 e. The number of aliphatic imine (C=N–C) groups is 1. The first-order valence-corrected chi connectivity index (χ1v) is 8.46. The zero-order valence-corrected chi connectivity index (χ0v) is 14.6. The monoisotopic (exact) mass is 370 g/mol. The van der Waals surface area contributed by atoms with Crippen LogP contribution in [0.15, 0.2) is 82.5 Å². The van der Waals surface area contributed by atoms with E-state index in [9.17, 15) is 10.1 Å². The van der Waals surface area contributed by atoms with E-state index in [1.807, 2.05) is 24.3 Å². The van der Waals surface area contributed by atoms with E-state index in [1.54, 1.807) is 55.0 Å². The van der Waals surface area contributed by atoms with Crippen LogP contribution in [0.1, 0.15) is 5.56 Å². The standard InChI is InChI=1S/C21H14N4O3/c26-25(27)19-8-2-1-5-15(19)6-4-12-23-17-9-10-20-18(13-17)24-21(28-20)16-7-3-11-22-14-16/h1-14H/b6-4+,23-12?. The third kappa shape index (κ3) is 3.68. The smallest absolute Gasteiger partial charge is 0.276 e. The highest BCUT2D eigenvalue weighted by Crippen LogP contribution is 2.26. The topological polar surface area (TPSA) is 94.4 Å². The highest BCUT2D eigenvalue weighted by Gasteiger charge is 2.09. The normalized spacial score (nSPS) is 11.6. The van der Waals surface area contributed by atoms with Gasteiger partial charge in [-0.2, -0.15) is 0 Å². The molecule has 28 heavy (non-hydrogen) atoms. The molecule has 2 heterocycles. The molecule has 0 spiro atoms. The molecule has 0 aliphatic carbocycles. The molecule has 2 aromatic carbocycles. The Labute approximate surface area is 159 Å². The minimum Gasteiger partial charge on any atom is -0.436 e. The number of fused-ring (bicyclic) bond motifs is 1. The van der Waals surface area contributed by atoms with E-state index < -0.39 is 4.92 Å². The van der Waals surface area contributed by atoms with Gasteiger partial charge in [-0.1, -0.05) is 12.1 Å². The minimum absolute atomic E-state index is 0.0547. The number of nitrogens with zero attached hydrogens (tertiary/aromatic N) is 4. The van der Waals surface area contributed by atoms with E-state index in [-0.39, 0.29) is 5.69 Å². The average molecular weight is 370 g/mol. The van der Waals surface area contributed by atoms with Crippen LogP contribution in [0.25, 0.3) is 28.6 Å². The van der Waals surface area contributed by atoms with Crippen molar-refractivity contribution < 1.29 is 9.34 Å². The maximum Gasteiger partial charge on any atom is 0.276 e. The number of nitro benzene ring substituents is 1. The van der Waals surface area contributed by atoms with Crippen LogP contribution in [0.3, 0.4) is 0 Å². The highest BCUT2D eigenvalue weighted by molar-refractivity contribution is 5.84. The zero-order valence-electron chi connectivity index (χ0n) is 14.6. The van der Waals surface area contributed by atoms with Crippen LogP contribution in [-0.4, -0.2) is 21.1 Å². The summed E-state index contributed by atoms with van der Waals surface area (Å²) in [6.45, 7) is 0. The Morgan fingerprint density at radius 1 is 1.11 bits per heavy atom. The van der Waals surface area contributed by atoms with Crippen molar-refractivity contribution in [3.8, 4) is 11.5 Å². The summed E-state index contributed by atoms with van der Waals surface area (Å²) in [5.41, 5.74) is 3.43. The van der Waals surface area contributed by atoms with Gasteiger partial charge < -0.3 is 4.42 Å². The van der Waals surface area contributed by atoms with E-state index in [0.29, 0.717) is 28.2 Å². The van der Waals surface area contributed by atoms with Gasteiger partial charge in [-0.3, -0.25) is 20.1 Å². The molecule has 0 bridgehead atoms. The molecule has 0 unspecified atom stereocenters. The number of hydrogen-bond donors (Lipinski definition) is 0. The number of nitro groups is 1. The van der Waals surface area contributed by atoms with E-state index in [4.69, 9.17) is 4.42 Å². The molecule has 0 aliphatic rings. The number of rotatable bonds is 5. The summed E-state index contributed by atoms with van der Waals surface area (Å²) in [6, 6.07) is 15.7. The molecule has 4 rings (SSSR count). The molecule has 0 amide bonds. The summed E-state index contributed by atoms with van der Waals surface area (Å²) in [4.78, 5) is 23.5. The van der Waals surface area contributed by atoms with Crippen molar-refractivity contribution in [3.63, 3.8) is 0 Å². The second-order valence-electron chi connectivity index (χ2n) is 5.87. The Morgan fingerprint density at radius 3 is 2.82 bits per heavy atom. The predicted octanol–water partition coefficient (Wildman–Crippen LogP) is 5.21. The van der Waals surface area contributed by atoms with Crippen LogP contribution in [0.5, 0.6) is 0 Å². The van der Waals surface area contributed by atoms with Crippen LogP contribution < -0.4 is 0 Å². The summed E-state index contributed by atoms with van der Waals surface area (Å²) in [7, 11) is 0. The van der Waals surface area contributed by atoms with Gasteiger partial charge in [-0.25, -0.2) is 4.98 Å². The Balaban J connectivity index is 1.54. The lowest BCUT2D eigenvalue weighted by molar-refractivity contribution is -0.385. The molecule has 7 nitrogen and oxygen atoms in total. The predicted molar refractivity (Wildman–Crippen MR) is 108 cm³/mol. The van der Waals surface area contributed by atoms with Crippen LogP contribution >= 0.6 is 0 Å². The van der Waals surface area contributed by atoms with Crippen LogP contribution in [0, 0.1) is 10.1 Å². The summed E-state index contributed by atoms with van der Waals surface area (Å²) in [5.74, 6) is 0.500. The molecule has 0 saturated carbocycles. The van der Waals surface area contributed by atoms with Crippen LogP contribution in [-0.2, 0) is 0 Å². The van der Waals surface area contributed by atoms with Crippen molar-refractivity contribution in [1.82, 2.24) is 9.97 Å². The van der Waals surface area contributed by atoms with E-state index in [0.717, 1.165) is 5.56 Å². The van der Waals surface area contributed by atoms with E-state index in [1.165, 1.54) is 6.07 Å². The lowest BCUT2D eigenvalue weighted by atomic mass is 10.1. The Morgan fingerprint density at radius 2 is 2.00 bits per heavy atom. The molecule has 4 aromatic rings. The number of oxazole rings is 1. The molecule has 0 saturated heterocycles. The first kappa shape index (κ1) is 17.3. The lowest BCUT2D eigenvalue weighted by Crippen LogP contribution is -1.90. The van der Waals surface area contributed by atoms with Crippen LogP contribution in [0.2, 0.25) is 0 Å². The van der Waals surface area contributed by atoms with Crippen molar-refractivity contribution in [2.45, 2.75) is 0 Å². The van der Waals surface area contributed by atoms with E-state index >= 15 is 0 Å². The molecule has 2 aromatic heterocycles. The fourth-order valence-electron chi connectivity index (χ4n) is 2.68. The Kier molecular flexibility index (Phi) is 4.71. The zero-order chi connectivity index (χ0) is 19.3. The number of hydrogen-bond acceptors (Lipinski definition) is 6. The molecule has 0 atom stereocenters.